The van der Waals surface area contributed by atoms with Gasteiger partial charge < -0.3 is 10.2 Å². The standard InChI is InChI=1S/C19H21N3O2/c1-19(16-9-8-14-6-2-3-7-15(14)12-16)17(23)22(18(24)20-19)13-21-10-4-5-11-21/h2-3,6-9,12H,4-5,10-11,13H2,1H3,(H,20,24)/p+1/t19-/m1/s1. The Bertz CT molecular complexity index is 813. The molecule has 0 aliphatic carbocycles. The third-order valence-electron chi connectivity index (χ3n) is 5.29. The molecule has 2 aliphatic heterocycles. The second kappa shape index (κ2) is 5.60. The van der Waals surface area contributed by atoms with Crippen molar-refractivity contribution in [2.75, 3.05) is 19.8 Å². The lowest BCUT2D eigenvalue weighted by atomic mass is 9.90. The lowest BCUT2D eigenvalue weighted by molar-refractivity contribution is -0.894. The number of quaternary nitrogens is 1. The molecule has 2 saturated heterocycles. The Morgan fingerprint density at radius 3 is 2.54 bits per heavy atom. The van der Waals surface area contributed by atoms with Crippen LogP contribution < -0.4 is 10.2 Å². The van der Waals surface area contributed by atoms with Crippen LogP contribution in [-0.4, -0.2) is 36.6 Å². The molecule has 2 aliphatic rings. The molecule has 0 radical (unpaired) electrons. The van der Waals surface area contributed by atoms with E-state index >= 15 is 0 Å². The smallest absolute Gasteiger partial charge is 0.319 e. The monoisotopic (exact) mass is 324 g/mol. The predicted molar refractivity (Wildman–Crippen MR) is 91.5 cm³/mol. The zero-order chi connectivity index (χ0) is 16.7. The molecule has 2 heterocycles. The zero-order valence-electron chi connectivity index (χ0n) is 13.8. The van der Waals surface area contributed by atoms with Gasteiger partial charge in [-0.1, -0.05) is 36.4 Å². The van der Waals surface area contributed by atoms with Gasteiger partial charge in [-0.05, 0) is 29.3 Å². The quantitative estimate of drug-likeness (QED) is 0.835. The number of likely N-dealkylation sites (tertiary alicyclic amines) is 1. The van der Waals surface area contributed by atoms with Crippen molar-refractivity contribution in [1.29, 1.82) is 0 Å². The summed E-state index contributed by atoms with van der Waals surface area (Å²) < 4.78 is 0. The summed E-state index contributed by atoms with van der Waals surface area (Å²) in [5.41, 5.74) is -0.154. The van der Waals surface area contributed by atoms with Crippen molar-refractivity contribution in [1.82, 2.24) is 10.2 Å². The van der Waals surface area contributed by atoms with Crippen LogP contribution in [0, 0.1) is 0 Å². The zero-order valence-corrected chi connectivity index (χ0v) is 13.8. The highest BCUT2D eigenvalue weighted by Gasteiger charge is 2.50. The summed E-state index contributed by atoms with van der Waals surface area (Å²) >= 11 is 0. The number of rotatable bonds is 3. The van der Waals surface area contributed by atoms with Gasteiger partial charge in [0, 0.05) is 12.8 Å². The fourth-order valence-corrected chi connectivity index (χ4v) is 3.79. The van der Waals surface area contributed by atoms with Gasteiger partial charge in [0.05, 0.1) is 13.1 Å². The van der Waals surface area contributed by atoms with Crippen molar-refractivity contribution in [3.05, 3.63) is 48.0 Å². The molecule has 0 saturated carbocycles. The minimum atomic E-state index is -0.986. The topological polar surface area (TPSA) is 53.9 Å². The van der Waals surface area contributed by atoms with E-state index in [2.05, 4.69) is 5.32 Å². The number of amides is 3. The van der Waals surface area contributed by atoms with E-state index in [4.69, 9.17) is 0 Å². The van der Waals surface area contributed by atoms with Crippen molar-refractivity contribution < 1.29 is 14.5 Å². The van der Waals surface area contributed by atoms with E-state index in [0.29, 0.717) is 6.67 Å². The van der Waals surface area contributed by atoms with Crippen molar-refractivity contribution in [2.45, 2.75) is 25.3 Å². The van der Waals surface area contributed by atoms with Crippen LogP contribution in [0.15, 0.2) is 42.5 Å². The third kappa shape index (κ3) is 2.36. The molecule has 124 valence electrons. The van der Waals surface area contributed by atoms with Gasteiger partial charge in [-0.2, -0.15) is 0 Å². The Kier molecular flexibility index (Phi) is 3.53. The largest absolute Gasteiger partial charge is 0.329 e. The van der Waals surface area contributed by atoms with Crippen LogP contribution in [0.3, 0.4) is 0 Å². The molecule has 0 bridgehead atoms. The third-order valence-corrected chi connectivity index (χ3v) is 5.29. The average Bonchev–Trinajstić information content (AvgIpc) is 3.18. The van der Waals surface area contributed by atoms with E-state index in [1.54, 1.807) is 6.92 Å². The lowest BCUT2D eigenvalue weighted by Crippen LogP contribution is -3.11. The molecule has 2 N–H and O–H groups in total. The van der Waals surface area contributed by atoms with Gasteiger partial charge in [0.2, 0.25) is 0 Å². The number of nitrogens with one attached hydrogen (secondary N) is 2. The van der Waals surface area contributed by atoms with Gasteiger partial charge in [0.1, 0.15) is 5.54 Å². The van der Waals surface area contributed by atoms with Gasteiger partial charge in [0.15, 0.2) is 6.67 Å². The second-order valence-electron chi connectivity index (χ2n) is 6.97. The van der Waals surface area contributed by atoms with Crippen molar-refractivity contribution in [2.24, 2.45) is 0 Å². The molecule has 1 atom stereocenters. The molecule has 2 aromatic rings. The highest BCUT2D eigenvalue weighted by atomic mass is 16.2. The predicted octanol–water partition coefficient (Wildman–Crippen LogP) is 1.24. The maximum atomic E-state index is 13.0. The normalized spacial score (nSPS) is 24.8. The van der Waals surface area contributed by atoms with Crippen LogP contribution in [0.5, 0.6) is 0 Å². The Balaban J connectivity index is 1.65. The summed E-state index contributed by atoms with van der Waals surface area (Å²) in [6.07, 6.45) is 2.34. The number of imide groups is 1. The molecule has 0 spiro atoms. The van der Waals surface area contributed by atoms with Crippen LogP contribution in [0.1, 0.15) is 25.3 Å². The minimum absolute atomic E-state index is 0.151. The number of hydrogen-bond acceptors (Lipinski definition) is 2. The first-order valence-electron chi connectivity index (χ1n) is 8.55. The molecule has 3 amide bonds. The van der Waals surface area contributed by atoms with E-state index in [0.717, 1.165) is 29.4 Å². The summed E-state index contributed by atoms with van der Waals surface area (Å²) in [6.45, 7) is 4.33. The highest BCUT2D eigenvalue weighted by molar-refractivity contribution is 6.07. The Morgan fingerprint density at radius 1 is 1.08 bits per heavy atom. The van der Waals surface area contributed by atoms with Gasteiger partial charge in [-0.25, -0.2) is 9.69 Å². The fraction of sp³-hybridized carbons (Fsp3) is 0.368. The first-order chi connectivity index (χ1) is 11.6. The molecule has 4 rings (SSSR count). The van der Waals surface area contributed by atoms with Crippen LogP contribution in [-0.2, 0) is 10.3 Å². The van der Waals surface area contributed by atoms with Crippen molar-refractivity contribution >= 4 is 22.7 Å². The van der Waals surface area contributed by atoms with E-state index in [-0.39, 0.29) is 11.9 Å². The Hall–Kier alpha value is -2.40. The number of carbonyl (C=O) groups is 2. The molecular weight excluding hydrogens is 302 g/mol. The molecule has 2 fully saturated rings. The highest BCUT2D eigenvalue weighted by Crippen LogP contribution is 2.30. The average molecular weight is 324 g/mol. The molecule has 0 aromatic heterocycles. The molecule has 5 heteroatoms. The summed E-state index contributed by atoms with van der Waals surface area (Å²) in [4.78, 5) is 28.1. The van der Waals surface area contributed by atoms with Gasteiger partial charge >= 0.3 is 6.03 Å². The van der Waals surface area contributed by atoms with Gasteiger partial charge in [-0.3, -0.25) is 4.79 Å². The molecule has 2 aromatic carbocycles. The van der Waals surface area contributed by atoms with Crippen LogP contribution in [0.2, 0.25) is 0 Å². The van der Waals surface area contributed by atoms with E-state index in [1.165, 1.54) is 22.6 Å². The summed E-state index contributed by atoms with van der Waals surface area (Å²) in [5.74, 6) is -0.151. The first-order valence-corrected chi connectivity index (χ1v) is 8.55. The summed E-state index contributed by atoms with van der Waals surface area (Å²) in [7, 11) is 0. The van der Waals surface area contributed by atoms with Gasteiger partial charge in [0.25, 0.3) is 5.91 Å². The number of urea groups is 1. The molecular formula is C19H22N3O2+. The Morgan fingerprint density at radius 2 is 1.79 bits per heavy atom. The van der Waals surface area contributed by atoms with E-state index < -0.39 is 5.54 Å². The number of nitrogens with zero attached hydrogens (tertiary/aromatic N) is 1. The summed E-state index contributed by atoms with van der Waals surface area (Å²) in [6, 6.07) is 13.7. The van der Waals surface area contributed by atoms with E-state index in [1.807, 2.05) is 42.5 Å². The van der Waals surface area contributed by atoms with Crippen LogP contribution >= 0.6 is 0 Å². The lowest BCUT2D eigenvalue weighted by Gasteiger charge is -2.23. The first kappa shape index (κ1) is 15.1. The maximum absolute atomic E-state index is 13.0. The Labute approximate surface area is 141 Å². The van der Waals surface area contributed by atoms with Gasteiger partial charge in [-0.15, -0.1) is 0 Å². The number of carbonyl (C=O) groups excluding carboxylic acids is 2. The van der Waals surface area contributed by atoms with E-state index in [9.17, 15) is 9.59 Å². The van der Waals surface area contributed by atoms with Crippen LogP contribution in [0.4, 0.5) is 4.79 Å². The molecule has 24 heavy (non-hydrogen) atoms. The molecule has 5 nitrogen and oxygen atoms in total. The fourth-order valence-electron chi connectivity index (χ4n) is 3.79. The number of fused-ring (bicyclic) bond motifs is 1. The molecule has 0 unspecified atom stereocenters. The number of hydrogen-bond donors (Lipinski definition) is 2. The maximum Gasteiger partial charge on any atom is 0.329 e. The van der Waals surface area contributed by atoms with Crippen molar-refractivity contribution in [3.63, 3.8) is 0 Å². The SMILES string of the molecule is C[C@]1(c2ccc3ccccc3c2)NC(=O)N(C[NH+]2CCCC2)C1=O. The summed E-state index contributed by atoms with van der Waals surface area (Å²) in [5, 5.41) is 5.11. The van der Waals surface area contributed by atoms with Crippen LogP contribution in [0.25, 0.3) is 10.8 Å². The minimum Gasteiger partial charge on any atom is -0.319 e. The van der Waals surface area contributed by atoms with Crippen molar-refractivity contribution in [3.8, 4) is 0 Å². The number of benzene rings is 2. The second-order valence-corrected chi connectivity index (χ2v) is 6.97.